The largest absolute Gasteiger partial charge is 0.457 e. The highest BCUT2D eigenvalue weighted by Gasteiger charge is 2.44. The fourth-order valence-electron chi connectivity index (χ4n) is 7.49. The second kappa shape index (κ2) is 46.5. The van der Waals surface area contributed by atoms with Gasteiger partial charge in [-0.2, -0.15) is 0 Å². The van der Waals surface area contributed by atoms with Gasteiger partial charge in [0.05, 0.1) is 19.8 Å². The van der Waals surface area contributed by atoms with Gasteiger partial charge in [0, 0.05) is 13.0 Å². The molecule has 1 fully saturated rings. The lowest BCUT2D eigenvalue weighted by molar-refractivity contribution is -0.305. The van der Waals surface area contributed by atoms with Crippen molar-refractivity contribution in [3.8, 4) is 0 Å². The summed E-state index contributed by atoms with van der Waals surface area (Å²) in [5.41, 5.74) is 0. The molecule has 1 heterocycles. The summed E-state index contributed by atoms with van der Waals surface area (Å²) >= 11 is 0. The van der Waals surface area contributed by atoms with Gasteiger partial charge in [-0.15, -0.1) is 0 Å². The fourth-order valence-corrected chi connectivity index (χ4v) is 7.49. The third-order valence-electron chi connectivity index (χ3n) is 11.5. The maximum absolute atomic E-state index is 12.9. The van der Waals surface area contributed by atoms with Crippen LogP contribution in [0.2, 0.25) is 0 Å². The van der Waals surface area contributed by atoms with E-state index < -0.39 is 43.4 Å². The number of hydrogen-bond acceptors (Lipinski definition) is 9. The Labute approximate surface area is 397 Å². The molecule has 0 bridgehead atoms. The zero-order valence-electron chi connectivity index (χ0n) is 41.2. The Bertz CT molecular complexity index is 1270. The predicted molar refractivity (Wildman–Crippen MR) is 270 cm³/mol. The van der Waals surface area contributed by atoms with E-state index in [0.717, 1.165) is 89.9 Å². The Morgan fingerprint density at radius 2 is 0.938 bits per heavy atom. The van der Waals surface area contributed by atoms with Crippen LogP contribution in [0.3, 0.4) is 0 Å². The molecule has 4 N–H and O–H groups in total. The Morgan fingerprint density at radius 3 is 1.42 bits per heavy atom. The number of esters is 1. The summed E-state index contributed by atoms with van der Waals surface area (Å²) in [6, 6.07) is 0. The number of carbonyl (C=O) groups excluding carboxylic acids is 1. The fraction of sp³-hybridized carbons (Fsp3) is 0.732. The quantitative estimate of drug-likeness (QED) is 0.0268. The highest BCUT2D eigenvalue weighted by molar-refractivity contribution is 5.69. The molecule has 1 rings (SSSR count). The lowest BCUT2D eigenvalue weighted by Crippen LogP contribution is -2.59. The second-order valence-corrected chi connectivity index (χ2v) is 17.6. The normalized spacial score (nSPS) is 20.1. The first-order valence-corrected chi connectivity index (χ1v) is 26.2. The minimum absolute atomic E-state index is 0.124. The molecule has 0 aromatic carbocycles. The van der Waals surface area contributed by atoms with Crippen LogP contribution in [0.15, 0.2) is 85.1 Å². The summed E-state index contributed by atoms with van der Waals surface area (Å²) in [4.78, 5) is 12.9. The molecule has 0 amide bonds. The van der Waals surface area contributed by atoms with E-state index in [1.165, 1.54) is 89.9 Å². The lowest BCUT2D eigenvalue weighted by Gasteiger charge is -2.39. The number of aliphatic hydroxyl groups is 4. The molecule has 0 aliphatic carbocycles. The van der Waals surface area contributed by atoms with Crippen molar-refractivity contribution in [1.82, 2.24) is 0 Å². The molecule has 374 valence electrons. The van der Waals surface area contributed by atoms with Crippen LogP contribution in [0.4, 0.5) is 0 Å². The lowest BCUT2D eigenvalue weighted by atomic mass is 9.99. The van der Waals surface area contributed by atoms with Crippen molar-refractivity contribution < 1.29 is 44.2 Å². The molecule has 9 heteroatoms. The van der Waals surface area contributed by atoms with Gasteiger partial charge in [-0.3, -0.25) is 4.79 Å². The van der Waals surface area contributed by atoms with Crippen molar-refractivity contribution in [1.29, 1.82) is 0 Å². The average molecular weight is 913 g/mol. The zero-order valence-corrected chi connectivity index (χ0v) is 41.2. The first-order valence-electron chi connectivity index (χ1n) is 26.2. The zero-order chi connectivity index (χ0) is 47.1. The van der Waals surface area contributed by atoms with Gasteiger partial charge in [0.15, 0.2) is 6.29 Å². The van der Waals surface area contributed by atoms with Crippen LogP contribution in [-0.4, -0.2) is 89.6 Å². The Kier molecular flexibility index (Phi) is 43.2. The average Bonchev–Trinajstić information content (AvgIpc) is 3.31. The summed E-state index contributed by atoms with van der Waals surface area (Å²) in [5.74, 6) is -0.326. The van der Waals surface area contributed by atoms with E-state index in [2.05, 4.69) is 98.9 Å². The maximum atomic E-state index is 12.9. The van der Waals surface area contributed by atoms with E-state index in [0.29, 0.717) is 13.0 Å². The Hall–Kier alpha value is -2.63. The number of allylic oxidation sites excluding steroid dienone is 14. The van der Waals surface area contributed by atoms with Crippen LogP contribution in [0.1, 0.15) is 200 Å². The predicted octanol–water partition coefficient (Wildman–Crippen LogP) is 13.0. The number of aliphatic hydroxyl groups excluding tert-OH is 4. The van der Waals surface area contributed by atoms with Crippen molar-refractivity contribution in [3.05, 3.63) is 85.1 Å². The summed E-state index contributed by atoms with van der Waals surface area (Å²) in [7, 11) is 0. The van der Waals surface area contributed by atoms with Gasteiger partial charge in [-0.05, 0) is 89.9 Å². The molecule has 1 aliphatic rings. The SMILES string of the molecule is CC/C=C\C/C=C\C/C=C\C/C=C\C/C=C\CCCCCCCCCCCC(=O)OC(COCCCCCCCC/C=C\C/C=C\CCCCCC)COC1OC(CO)C(O)C(O)C1O. The van der Waals surface area contributed by atoms with Crippen LogP contribution >= 0.6 is 0 Å². The third kappa shape index (κ3) is 37.1. The molecular weight excluding hydrogens is 817 g/mol. The number of unbranched alkanes of at least 4 members (excludes halogenated alkanes) is 19. The van der Waals surface area contributed by atoms with E-state index in [-0.39, 0.29) is 19.2 Å². The van der Waals surface area contributed by atoms with Crippen LogP contribution in [0.25, 0.3) is 0 Å². The standard InChI is InChI=1S/C56H96O9/c1-3-5-7-9-11-13-15-17-19-21-22-23-24-25-26-27-28-29-31-33-35-37-39-41-43-45-52(58)64-50(49-63-56-55(61)54(60)53(59)51(47-57)65-56)48-62-46-44-42-40-38-36-34-32-30-20-18-16-14-12-10-8-6-4-2/h5,7,11,13-14,16-17,19-20,22-23,25-26,30,50-51,53-57,59-61H,3-4,6,8-10,12,15,18,21,24,27-29,31-49H2,1-2H3/b7-5-,13-11-,16-14-,19-17-,23-22-,26-25-,30-20-. The molecule has 0 aromatic heterocycles. The first kappa shape index (κ1) is 60.4. The highest BCUT2D eigenvalue weighted by Crippen LogP contribution is 2.23. The molecule has 1 aliphatic heterocycles. The smallest absolute Gasteiger partial charge is 0.306 e. The van der Waals surface area contributed by atoms with E-state index in [1.54, 1.807) is 0 Å². The van der Waals surface area contributed by atoms with Crippen LogP contribution in [0.5, 0.6) is 0 Å². The van der Waals surface area contributed by atoms with E-state index in [1.807, 2.05) is 0 Å². The highest BCUT2D eigenvalue weighted by atomic mass is 16.7. The molecule has 0 aromatic rings. The molecule has 9 nitrogen and oxygen atoms in total. The van der Waals surface area contributed by atoms with Gasteiger partial charge in [0.2, 0.25) is 0 Å². The summed E-state index contributed by atoms with van der Waals surface area (Å²) in [6.45, 7) is 4.40. The van der Waals surface area contributed by atoms with Gasteiger partial charge in [0.1, 0.15) is 30.5 Å². The monoisotopic (exact) mass is 913 g/mol. The molecule has 0 saturated carbocycles. The van der Waals surface area contributed by atoms with E-state index in [9.17, 15) is 25.2 Å². The summed E-state index contributed by atoms with van der Waals surface area (Å²) in [5, 5.41) is 40.3. The molecule has 65 heavy (non-hydrogen) atoms. The molecule has 6 unspecified atom stereocenters. The van der Waals surface area contributed by atoms with Crippen molar-refractivity contribution in [2.45, 2.75) is 237 Å². The molecule has 0 radical (unpaired) electrons. The van der Waals surface area contributed by atoms with E-state index >= 15 is 0 Å². The van der Waals surface area contributed by atoms with E-state index in [4.69, 9.17) is 18.9 Å². The van der Waals surface area contributed by atoms with Gasteiger partial charge in [0.25, 0.3) is 0 Å². The van der Waals surface area contributed by atoms with Gasteiger partial charge in [-0.1, -0.05) is 189 Å². The van der Waals surface area contributed by atoms with Crippen LogP contribution in [0, 0.1) is 0 Å². The molecule has 0 spiro atoms. The van der Waals surface area contributed by atoms with Gasteiger partial charge < -0.3 is 39.4 Å². The van der Waals surface area contributed by atoms with Crippen molar-refractivity contribution >= 4 is 5.97 Å². The van der Waals surface area contributed by atoms with Crippen LogP contribution in [-0.2, 0) is 23.7 Å². The van der Waals surface area contributed by atoms with Crippen molar-refractivity contribution in [2.24, 2.45) is 0 Å². The van der Waals surface area contributed by atoms with Gasteiger partial charge in [-0.25, -0.2) is 0 Å². The number of rotatable bonds is 44. The topological polar surface area (TPSA) is 135 Å². The second-order valence-electron chi connectivity index (χ2n) is 17.6. The minimum atomic E-state index is -1.54. The third-order valence-corrected chi connectivity index (χ3v) is 11.5. The summed E-state index contributed by atoms with van der Waals surface area (Å²) in [6.07, 6.45) is 56.1. The van der Waals surface area contributed by atoms with Crippen molar-refractivity contribution in [3.63, 3.8) is 0 Å². The van der Waals surface area contributed by atoms with Crippen LogP contribution < -0.4 is 0 Å². The Morgan fingerprint density at radius 1 is 0.508 bits per heavy atom. The first-order chi connectivity index (χ1) is 31.9. The molecule has 1 saturated heterocycles. The number of carbonyl (C=O) groups is 1. The minimum Gasteiger partial charge on any atom is -0.457 e. The van der Waals surface area contributed by atoms with Crippen molar-refractivity contribution in [2.75, 3.05) is 26.4 Å². The molecule has 6 atom stereocenters. The summed E-state index contributed by atoms with van der Waals surface area (Å²) < 4.78 is 22.9. The Balaban J connectivity index is 2.21. The number of ether oxygens (including phenoxy) is 4. The van der Waals surface area contributed by atoms with Gasteiger partial charge >= 0.3 is 5.97 Å². The maximum Gasteiger partial charge on any atom is 0.306 e. The number of hydrogen-bond donors (Lipinski definition) is 4. The molecular formula is C56H96O9.